The van der Waals surface area contributed by atoms with Crippen LogP contribution in [0.1, 0.15) is 12.0 Å². The van der Waals surface area contributed by atoms with Crippen molar-refractivity contribution >= 4 is 23.2 Å². The summed E-state index contributed by atoms with van der Waals surface area (Å²) in [5.74, 6) is -1.03. The van der Waals surface area contributed by atoms with Crippen molar-refractivity contribution in [2.24, 2.45) is 5.11 Å². The minimum atomic E-state index is -0.972. The van der Waals surface area contributed by atoms with Crippen molar-refractivity contribution in [3.63, 3.8) is 0 Å². The number of carbonyl (C=O) groups excluding carboxylic acids is 2. The number of benzene rings is 1. The van der Waals surface area contributed by atoms with Crippen molar-refractivity contribution < 1.29 is 19.2 Å². The number of nitrogens with zero attached hydrogens (tertiary/aromatic N) is 4. The van der Waals surface area contributed by atoms with E-state index in [9.17, 15) is 19.7 Å². The molecule has 1 atom stereocenters. The number of azide groups is 1. The molecule has 1 N–H and O–H groups in total. The number of amides is 2. The Morgan fingerprint density at radius 3 is 2.86 bits per heavy atom. The number of nitro groups is 1. The van der Waals surface area contributed by atoms with Gasteiger partial charge in [-0.2, -0.15) is 0 Å². The van der Waals surface area contributed by atoms with Crippen molar-refractivity contribution in [1.82, 2.24) is 5.32 Å². The Balaban J connectivity index is 2.19. The average Bonchev–Trinajstić information content (AvgIpc) is 2.75. The lowest BCUT2D eigenvalue weighted by Gasteiger charge is -2.09. The van der Waals surface area contributed by atoms with Crippen molar-refractivity contribution in [2.75, 3.05) is 0 Å². The first-order valence-corrected chi connectivity index (χ1v) is 5.79. The third kappa shape index (κ3) is 3.32. The molecule has 1 aromatic rings. The molecule has 1 heterocycles. The highest BCUT2D eigenvalue weighted by atomic mass is 16.6. The quantitative estimate of drug-likeness (QED) is 0.218. The lowest BCUT2D eigenvalue weighted by atomic mass is 10.1. The third-order valence-corrected chi connectivity index (χ3v) is 2.79. The van der Waals surface area contributed by atoms with Crippen LogP contribution in [0.4, 0.5) is 11.4 Å². The molecule has 0 aliphatic carbocycles. The highest BCUT2D eigenvalue weighted by Crippen LogP contribution is 2.26. The normalized spacial score (nSPS) is 17.2. The van der Waals surface area contributed by atoms with Gasteiger partial charge in [-0.15, -0.1) is 0 Å². The Labute approximate surface area is 117 Å². The largest absolute Gasteiger partial charge is 0.363 e. The summed E-state index contributed by atoms with van der Waals surface area (Å²) in [6, 6.07) is 3.78. The second kappa shape index (κ2) is 5.99. The standard InChI is InChI=1S/C11H9N5O5/c12-15-14-7-1-2-8(16(19)20)6(3-7)5-21-9-4-10(17)13-11(9)18/h1-3,9H,4-5H2,(H,13,17,18). The van der Waals surface area contributed by atoms with Gasteiger partial charge in [0.2, 0.25) is 5.91 Å². The summed E-state index contributed by atoms with van der Waals surface area (Å²) in [5, 5.41) is 16.3. The van der Waals surface area contributed by atoms with Gasteiger partial charge in [-0.3, -0.25) is 25.0 Å². The van der Waals surface area contributed by atoms with Crippen LogP contribution in [0.3, 0.4) is 0 Å². The van der Waals surface area contributed by atoms with Crippen LogP contribution in [0.2, 0.25) is 0 Å². The Bertz CT molecular complexity index is 667. The Morgan fingerprint density at radius 2 is 2.29 bits per heavy atom. The fourth-order valence-corrected chi connectivity index (χ4v) is 1.83. The highest BCUT2D eigenvalue weighted by molar-refractivity contribution is 6.04. The molecule has 0 saturated carbocycles. The van der Waals surface area contributed by atoms with Crippen molar-refractivity contribution in [3.8, 4) is 0 Å². The Kier molecular flexibility index (Phi) is 4.12. The molecule has 0 radical (unpaired) electrons. The number of nitrogens with one attached hydrogen (secondary N) is 1. The molecule has 0 bridgehead atoms. The van der Waals surface area contributed by atoms with Gasteiger partial charge in [0.05, 0.1) is 23.5 Å². The van der Waals surface area contributed by atoms with E-state index in [4.69, 9.17) is 10.3 Å². The number of imide groups is 1. The topological polar surface area (TPSA) is 147 Å². The summed E-state index contributed by atoms with van der Waals surface area (Å²) in [4.78, 5) is 35.2. The van der Waals surface area contributed by atoms with Gasteiger partial charge in [-0.1, -0.05) is 5.11 Å². The van der Waals surface area contributed by atoms with E-state index in [2.05, 4.69) is 15.3 Å². The van der Waals surface area contributed by atoms with Crippen molar-refractivity contribution in [2.45, 2.75) is 19.1 Å². The van der Waals surface area contributed by atoms with Gasteiger partial charge in [0, 0.05) is 16.7 Å². The summed E-state index contributed by atoms with van der Waals surface area (Å²) in [6.45, 7) is -0.254. The number of carbonyl (C=O) groups is 2. The molecule has 0 spiro atoms. The number of nitro benzene ring substituents is 1. The maximum Gasteiger partial charge on any atom is 0.274 e. The molecule has 1 fully saturated rings. The molecule has 10 heteroatoms. The van der Waals surface area contributed by atoms with Gasteiger partial charge in [0.15, 0.2) is 0 Å². The van der Waals surface area contributed by atoms with Crippen LogP contribution in [0.25, 0.3) is 10.4 Å². The predicted molar refractivity (Wildman–Crippen MR) is 68.2 cm³/mol. The lowest BCUT2D eigenvalue weighted by Crippen LogP contribution is -2.26. The van der Waals surface area contributed by atoms with Crippen LogP contribution in [-0.2, 0) is 20.9 Å². The molecule has 1 unspecified atom stereocenters. The summed E-state index contributed by atoms with van der Waals surface area (Å²) in [7, 11) is 0. The molecule has 1 aliphatic heterocycles. The van der Waals surface area contributed by atoms with E-state index in [0.29, 0.717) is 0 Å². The zero-order chi connectivity index (χ0) is 15.4. The average molecular weight is 291 g/mol. The molecule has 1 aromatic carbocycles. The van der Waals surface area contributed by atoms with Crippen LogP contribution in [0.15, 0.2) is 23.3 Å². The first-order chi connectivity index (χ1) is 10.0. The second-order valence-electron chi connectivity index (χ2n) is 4.18. The van der Waals surface area contributed by atoms with E-state index in [1.54, 1.807) is 0 Å². The molecule has 1 aliphatic rings. The maximum absolute atomic E-state index is 11.3. The van der Waals surface area contributed by atoms with E-state index >= 15 is 0 Å². The maximum atomic E-state index is 11.3. The zero-order valence-corrected chi connectivity index (χ0v) is 10.6. The van der Waals surface area contributed by atoms with Gasteiger partial charge in [-0.05, 0) is 17.7 Å². The highest BCUT2D eigenvalue weighted by Gasteiger charge is 2.31. The van der Waals surface area contributed by atoms with Crippen LogP contribution < -0.4 is 5.32 Å². The van der Waals surface area contributed by atoms with Gasteiger partial charge in [0.25, 0.3) is 11.6 Å². The van der Waals surface area contributed by atoms with E-state index in [-0.39, 0.29) is 30.0 Å². The molecule has 10 nitrogen and oxygen atoms in total. The SMILES string of the molecule is [N-]=[N+]=Nc1ccc([N+](=O)[O-])c(COC2CC(=O)NC2=O)c1. The minimum absolute atomic E-state index is 0.122. The number of ether oxygens (including phenoxy) is 1. The van der Waals surface area contributed by atoms with E-state index in [0.717, 1.165) is 0 Å². The summed E-state index contributed by atoms with van der Waals surface area (Å²) >= 11 is 0. The molecule has 2 rings (SSSR count). The van der Waals surface area contributed by atoms with Gasteiger partial charge in [0.1, 0.15) is 6.10 Å². The molecule has 2 amide bonds. The van der Waals surface area contributed by atoms with Gasteiger partial charge < -0.3 is 4.74 Å². The lowest BCUT2D eigenvalue weighted by molar-refractivity contribution is -0.386. The second-order valence-corrected chi connectivity index (χ2v) is 4.18. The van der Waals surface area contributed by atoms with E-state index < -0.39 is 22.8 Å². The van der Waals surface area contributed by atoms with E-state index in [1.807, 2.05) is 0 Å². The molecule has 1 saturated heterocycles. The molecule has 108 valence electrons. The third-order valence-electron chi connectivity index (χ3n) is 2.79. The molecule has 21 heavy (non-hydrogen) atoms. The monoisotopic (exact) mass is 291 g/mol. The smallest absolute Gasteiger partial charge is 0.274 e. The van der Waals surface area contributed by atoms with Gasteiger partial charge >= 0.3 is 0 Å². The fraction of sp³-hybridized carbons (Fsp3) is 0.273. The number of hydrogen-bond donors (Lipinski definition) is 1. The van der Waals surface area contributed by atoms with Crippen molar-refractivity contribution in [1.29, 1.82) is 0 Å². The molecular weight excluding hydrogens is 282 g/mol. The zero-order valence-electron chi connectivity index (χ0n) is 10.6. The molecular formula is C11H9N5O5. The molecule has 0 aromatic heterocycles. The predicted octanol–water partition coefficient (Wildman–Crippen LogP) is 1.47. The summed E-state index contributed by atoms with van der Waals surface area (Å²) in [6.07, 6.45) is -1.09. The Morgan fingerprint density at radius 1 is 1.52 bits per heavy atom. The van der Waals surface area contributed by atoms with Crippen molar-refractivity contribution in [3.05, 3.63) is 44.3 Å². The first kappa shape index (κ1) is 14.4. The van der Waals surface area contributed by atoms with Crippen LogP contribution >= 0.6 is 0 Å². The van der Waals surface area contributed by atoms with Crippen LogP contribution in [-0.4, -0.2) is 22.8 Å². The first-order valence-electron chi connectivity index (χ1n) is 5.79. The fourth-order valence-electron chi connectivity index (χ4n) is 1.83. The number of rotatable bonds is 5. The Hall–Kier alpha value is -2.97. The summed E-state index contributed by atoms with van der Waals surface area (Å²) < 4.78 is 5.22. The van der Waals surface area contributed by atoms with E-state index in [1.165, 1.54) is 18.2 Å². The number of hydrogen-bond acceptors (Lipinski definition) is 6. The minimum Gasteiger partial charge on any atom is -0.363 e. The van der Waals surface area contributed by atoms with Gasteiger partial charge in [-0.25, -0.2) is 0 Å². The van der Waals surface area contributed by atoms with Crippen LogP contribution in [0, 0.1) is 10.1 Å². The van der Waals surface area contributed by atoms with Crippen LogP contribution in [0.5, 0.6) is 0 Å². The summed E-state index contributed by atoms with van der Waals surface area (Å²) in [5.41, 5.74) is 8.47.